The molecular weight excluding hydrogens is 284 g/mol. The van der Waals surface area contributed by atoms with Crippen LogP contribution in [0.3, 0.4) is 0 Å². The van der Waals surface area contributed by atoms with Gasteiger partial charge in [-0.3, -0.25) is 9.69 Å². The molecule has 0 spiro atoms. The van der Waals surface area contributed by atoms with Crippen LogP contribution >= 0.6 is 11.3 Å². The average Bonchev–Trinajstić information content (AvgIpc) is 2.89. The van der Waals surface area contributed by atoms with E-state index in [0.29, 0.717) is 25.6 Å². The van der Waals surface area contributed by atoms with E-state index in [1.54, 1.807) is 11.3 Å². The van der Waals surface area contributed by atoms with Gasteiger partial charge in [-0.05, 0) is 26.0 Å². The van der Waals surface area contributed by atoms with Crippen molar-refractivity contribution >= 4 is 27.3 Å². The second kappa shape index (κ2) is 6.22. The normalized spacial score (nSPS) is 20.2. The summed E-state index contributed by atoms with van der Waals surface area (Å²) in [6.07, 6.45) is 0.0591. The number of nitrogens with zero attached hydrogens (tertiary/aromatic N) is 2. The fraction of sp³-hybridized carbons (Fsp3) is 0.500. The number of ketones is 1. The molecule has 0 amide bonds. The van der Waals surface area contributed by atoms with Gasteiger partial charge in [0, 0.05) is 19.1 Å². The lowest BCUT2D eigenvalue weighted by atomic mass is 10.1. The Balaban J connectivity index is 1.68. The zero-order valence-corrected chi connectivity index (χ0v) is 13.2. The summed E-state index contributed by atoms with van der Waals surface area (Å²) in [7, 11) is 0. The van der Waals surface area contributed by atoms with Crippen LogP contribution in [0.15, 0.2) is 24.3 Å². The summed E-state index contributed by atoms with van der Waals surface area (Å²) in [6, 6.07) is 8.44. The third-order valence-electron chi connectivity index (χ3n) is 3.85. The Bertz CT molecular complexity index is 605. The molecule has 4 nitrogen and oxygen atoms in total. The molecule has 0 saturated carbocycles. The largest absolute Gasteiger partial charge is 0.368 e. The fourth-order valence-electron chi connectivity index (χ4n) is 2.59. The van der Waals surface area contributed by atoms with Crippen LogP contribution in [0.2, 0.25) is 0 Å². The maximum absolute atomic E-state index is 12.4. The molecule has 1 saturated heterocycles. The number of carbonyl (C=O) groups excluding carboxylic acids is 1. The maximum atomic E-state index is 12.4. The van der Waals surface area contributed by atoms with E-state index in [-0.39, 0.29) is 11.9 Å². The van der Waals surface area contributed by atoms with Crippen molar-refractivity contribution < 1.29 is 9.53 Å². The molecule has 0 N–H and O–H groups in total. The van der Waals surface area contributed by atoms with E-state index in [1.807, 2.05) is 24.3 Å². The zero-order chi connectivity index (χ0) is 14.8. The Morgan fingerprint density at radius 3 is 3.05 bits per heavy atom. The number of para-hydroxylation sites is 1. The van der Waals surface area contributed by atoms with E-state index in [4.69, 9.17) is 4.74 Å². The highest BCUT2D eigenvalue weighted by atomic mass is 32.1. The number of thiazole rings is 1. The lowest BCUT2D eigenvalue weighted by Gasteiger charge is -2.34. The first-order valence-corrected chi connectivity index (χ1v) is 8.18. The average molecular weight is 304 g/mol. The van der Waals surface area contributed by atoms with Crippen LogP contribution < -0.4 is 0 Å². The molecule has 2 heterocycles. The summed E-state index contributed by atoms with van der Waals surface area (Å²) in [5.74, 6) is 0.138. The first kappa shape index (κ1) is 14.6. The predicted octanol–water partition coefficient (Wildman–Crippen LogP) is 2.52. The molecule has 1 aromatic heterocycles. The molecule has 5 heteroatoms. The number of ether oxygens (including phenoxy) is 1. The Hall–Kier alpha value is -1.30. The minimum atomic E-state index is -0.312. The van der Waals surface area contributed by atoms with Crippen LogP contribution in [0.1, 0.15) is 18.9 Å². The number of hydrogen-bond donors (Lipinski definition) is 0. The quantitative estimate of drug-likeness (QED) is 0.870. The summed E-state index contributed by atoms with van der Waals surface area (Å²) >= 11 is 1.60. The van der Waals surface area contributed by atoms with Crippen molar-refractivity contribution in [1.29, 1.82) is 0 Å². The van der Waals surface area contributed by atoms with Crippen molar-refractivity contribution in [2.75, 3.05) is 19.7 Å². The molecule has 1 aliphatic rings. The van der Waals surface area contributed by atoms with Gasteiger partial charge in [0.1, 0.15) is 11.1 Å². The van der Waals surface area contributed by atoms with E-state index in [9.17, 15) is 4.79 Å². The molecule has 1 aliphatic heterocycles. The predicted molar refractivity (Wildman–Crippen MR) is 84.8 cm³/mol. The van der Waals surface area contributed by atoms with Crippen LogP contribution in [0.25, 0.3) is 10.2 Å². The Morgan fingerprint density at radius 1 is 1.48 bits per heavy atom. The molecule has 21 heavy (non-hydrogen) atoms. The molecule has 1 atom stereocenters. The maximum Gasteiger partial charge on any atom is 0.169 e. The van der Waals surface area contributed by atoms with Gasteiger partial charge < -0.3 is 4.74 Å². The molecule has 1 fully saturated rings. The fourth-order valence-corrected chi connectivity index (χ4v) is 3.57. The minimum Gasteiger partial charge on any atom is -0.368 e. The molecular formula is C16H20N2O2S. The topological polar surface area (TPSA) is 42.4 Å². The molecule has 3 rings (SSSR count). The Kier molecular flexibility index (Phi) is 4.33. The van der Waals surface area contributed by atoms with E-state index in [2.05, 4.69) is 23.7 Å². The van der Waals surface area contributed by atoms with E-state index in [1.165, 1.54) is 0 Å². The SMILES string of the molecule is CC(C)N1CCOC(C(=O)Cc2nc3ccccc3s2)C1. The van der Waals surface area contributed by atoms with Gasteiger partial charge in [0.15, 0.2) is 5.78 Å². The number of aromatic nitrogens is 1. The van der Waals surface area contributed by atoms with Crippen LogP contribution in [0, 0.1) is 0 Å². The van der Waals surface area contributed by atoms with Crippen molar-refractivity contribution in [2.24, 2.45) is 0 Å². The number of fused-ring (bicyclic) bond motifs is 1. The van der Waals surface area contributed by atoms with Gasteiger partial charge in [-0.25, -0.2) is 4.98 Å². The van der Waals surface area contributed by atoms with Gasteiger partial charge in [0.25, 0.3) is 0 Å². The van der Waals surface area contributed by atoms with Crippen molar-refractivity contribution in [1.82, 2.24) is 9.88 Å². The summed E-state index contributed by atoms with van der Waals surface area (Å²) in [5, 5.41) is 0.881. The van der Waals surface area contributed by atoms with Crippen LogP contribution in [0.4, 0.5) is 0 Å². The molecule has 0 radical (unpaired) electrons. The van der Waals surface area contributed by atoms with Crippen LogP contribution in [-0.4, -0.2) is 47.5 Å². The lowest BCUT2D eigenvalue weighted by molar-refractivity contribution is -0.136. The second-order valence-electron chi connectivity index (χ2n) is 5.67. The summed E-state index contributed by atoms with van der Waals surface area (Å²) in [6.45, 7) is 6.54. The first-order chi connectivity index (χ1) is 10.1. The standard InChI is InChI=1S/C16H20N2O2S/c1-11(2)18-7-8-20-14(10-18)13(19)9-16-17-12-5-3-4-6-15(12)21-16/h3-6,11,14H,7-10H2,1-2H3. The van der Waals surface area contributed by atoms with Crippen LogP contribution in [-0.2, 0) is 16.0 Å². The molecule has 0 bridgehead atoms. The third-order valence-corrected chi connectivity index (χ3v) is 4.89. The monoisotopic (exact) mass is 304 g/mol. The van der Waals surface area contributed by atoms with Gasteiger partial charge in [-0.15, -0.1) is 11.3 Å². The number of Topliss-reactive ketones (excluding diaryl/α,β-unsaturated/α-hetero) is 1. The van der Waals surface area contributed by atoms with Crippen LogP contribution in [0.5, 0.6) is 0 Å². The summed E-state index contributed by atoms with van der Waals surface area (Å²) < 4.78 is 6.79. The molecule has 1 unspecified atom stereocenters. The highest BCUT2D eigenvalue weighted by molar-refractivity contribution is 7.18. The van der Waals surface area contributed by atoms with Gasteiger partial charge in [0.2, 0.25) is 0 Å². The highest BCUT2D eigenvalue weighted by Gasteiger charge is 2.28. The van der Waals surface area contributed by atoms with Gasteiger partial charge in [-0.2, -0.15) is 0 Å². The van der Waals surface area contributed by atoms with Gasteiger partial charge in [-0.1, -0.05) is 12.1 Å². The summed E-state index contributed by atoms with van der Waals surface area (Å²) in [4.78, 5) is 19.3. The lowest BCUT2D eigenvalue weighted by Crippen LogP contribution is -2.49. The molecule has 0 aliphatic carbocycles. The van der Waals surface area contributed by atoms with E-state index in [0.717, 1.165) is 21.8 Å². The van der Waals surface area contributed by atoms with Gasteiger partial charge >= 0.3 is 0 Å². The van der Waals surface area contributed by atoms with Crippen molar-refractivity contribution in [3.63, 3.8) is 0 Å². The molecule has 1 aromatic carbocycles. The minimum absolute atomic E-state index is 0.138. The number of hydrogen-bond acceptors (Lipinski definition) is 5. The molecule has 112 valence electrons. The zero-order valence-electron chi connectivity index (χ0n) is 12.4. The highest BCUT2D eigenvalue weighted by Crippen LogP contribution is 2.22. The van der Waals surface area contributed by atoms with Gasteiger partial charge in [0.05, 0.1) is 23.2 Å². The van der Waals surface area contributed by atoms with Crippen molar-refractivity contribution in [3.8, 4) is 0 Å². The van der Waals surface area contributed by atoms with E-state index < -0.39 is 0 Å². The Labute approximate surface area is 128 Å². The number of morpholine rings is 1. The first-order valence-electron chi connectivity index (χ1n) is 7.36. The van der Waals surface area contributed by atoms with Crippen molar-refractivity contribution in [2.45, 2.75) is 32.4 Å². The van der Waals surface area contributed by atoms with Crippen molar-refractivity contribution in [3.05, 3.63) is 29.3 Å². The Morgan fingerprint density at radius 2 is 2.29 bits per heavy atom. The van der Waals surface area contributed by atoms with E-state index >= 15 is 0 Å². The smallest absolute Gasteiger partial charge is 0.169 e. The third kappa shape index (κ3) is 3.31. The molecule has 2 aromatic rings. The number of benzene rings is 1. The number of rotatable bonds is 4. The second-order valence-corrected chi connectivity index (χ2v) is 6.78. The number of carbonyl (C=O) groups is 1. The summed E-state index contributed by atoms with van der Waals surface area (Å²) in [5.41, 5.74) is 0.971.